The first-order valence-corrected chi connectivity index (χ1v) is 9.70. The zero-order valence-electron chi connectivity index (χ0n) is 16.5. The molecule has 1 aliphatic heterocycles. The van der Waals surface area contributed by atoms with Crippen molar-refractivity contribution < 1.29 is 18.3 Å². The number of ether oxygens (including phenoxy) is 1. The van der Waals surface area contributed by atoms with Crippen molar-refractivity contribution in [3.8, 4) is 0 Å². The fraction of sp³-hybridized carbons (Fsp3) is 0.400. The van der Waals surface area contributed by atoms with Crippen LogP contribution in [-0.2, 0) is 11.3 Å². The maximum atomic E-state index is 14.7. The van der Waals surface area contributed by atoms with Crippen molar-refractivity contribution in [1.82, 2.24) is 24.5 Å². The highest BCUT2D eigenvalue weighted by atomic mass is 19.1. The lowest BCUT2D eigenvalue weighted by atomic mass is 9.95. The van der Waals surface area contributed by atoms with Gasteiger partial charge in [-0.3, -0.25) is 4.40 Å². The molecule has 0 bridgehead atoms. The topological polar surface area (TPSA) is 84.7 Å². The van der Waals surface area contributed by atoms with Crippen LogP contribution in [0.4, 0.5) is 19.4 Å². The monoisotopic (exact) mass is 416 g/mol. The maximum Gasteiger partial charge on any atom is 0.410 e. The Kier molecular flexibility index (Phi) is 5.73. The molecule has 1 aromatic carbocycles. The Labute approximate surface area is 171 Å². The van der Waals surface area contributed by atoms with Crippen LogP contribution in [0.25, 0.3) is 5.65 Å². The number of hydrogen-bond donors (Lipinski definition) is 1. The Morgan fingerprint density at radius 2 is 2.27 bits per heavy atom. The van der Waals surface area contributed by atoms with Gasteiger partial charge in [-0.25, -0.2) is 18.6 Å². The van der Waals surface area contributed by atoms with E-state index in [1.165, 1.54) is 11.0 Å². The van der Waals surface area contributed by atoms with Crippen molar-refractivity contribution in [3.63, 3.8) is 0 Å². The smallest absolute Gasteiger partial charge is 0.410 e. The standard InChI is InChI=1S/C20H22F2N6O2/c1-13-2-3-14(8-16(13)21)11-30-20(29)27-6-4-15(17(22)10-27)9-24-18-19-26-25-12-28(19)7-5-23-18/h2-3,5,7-8,12,15,17H,4,6,9-11H2,1H3,(H,23,24)/t15-,17-/m1/s1. The molecule has 4 rings (SSSR count). The SMILES string of the molecule is Cc1ccc(COC(=O)N2CC[C@H](CNc3nccn4cnnc34)[C@H](F)C2)cc1F. The van der Waals surface area contributed by atoms with E-state index in [0.717, 1.165) is 0 Å². The van der Waals surface area contributed by atoms with Crippen molar-refractivity contribution in [2.75, 3.05) is 25.0 Å². The van der Waals surface area contributed by atoms with E-state index < -0.39 is 12.3 Å². The van der Waals surface area contributed by atoms with E-state index in [2.05, 4.69) is 20.5 Å². The van der Waals surface area contributed by atoms with Crippen LogP contribution in [0.15, 0.2) is 36.9 Å². The van der Waals surface area contributed by atoms with E-state index >= 15 is 0 Å². The van der Waals surface area contributed by atoms with E-state index in [1.54, 1.807) is 42.2 Å². The number of alkyl halides is 1. The second kappa shape index (κ2) is 8.60. The van der Waals surface area contributed by atoms with Gasteiger partial charge in [0, 0.05) is 31.4 Å². The Morgan fingerprint density at radius 1 is 1.40 bits per heavy atom. The van der Waals surface area contributed by atoms with Gasteiger partial charge in [-0.15, -0.1) is 10.2 Å². The molecule has 3 aromatic rings. The third kappa shape index (κ3) is 4.32. The van der Waals surface area contributed by atoms with E-state index in [4.69, 9.17) is 4.74 Å². The molecule has 1 saturated heterocycles. The number of likely N-dealkylation sites (tertiary alicyclic amines) is 1. The van der Waals surface area contributed by atoms with Gasteiger partial charge in [-0.1, -0.05) is 12.1 Å². The molecule has 0 saturated carbocycles. The first kappa shape index (κ1) is 20.0. The molecule has 0 unspecified atom stereocenters. The summed E-state index contributed by atoms with van der Waals surface area (Å²) in [7, 11) is 0. The molecule has 30 heavy (non-hydrogen) atoms. The summed E-state index contributed by atoms with van der Waals surface area (Å²) in [5, 5.41) is 11.0. The number of fused-ring (bicyclic) bond motifs is 1. The second-order valence-corrected chi connectivity index (χ2v) is 7.37. The first-order chi connectivity index (χ1) is 14.5. The van der Waals surface area contributed by atoms with Gasteiger partial charge in [0.15, 0.2) is 5.82 Å². The number of aryl methyl sites for hydroxylation is 1. The molecule has 1 aliphatic rings. The molecular formula is C20H22F2N6O2. The molecule has 2 atom stereocenters. The van der Waals surface area contributed by atoms with Crippen molar-refractivity contribution >= 4 is 17.6 Å². The van der Waals surface area contributed by atoms with Gasteiger partial charge in [0.1, 0.15) is 24.9 Å². The van der Waals surface area contributed by atoms with Gasteiger partial charge >= 0.3 is 6.09 Å². The summed E-state index contributed by atoms with van der Waals surface area (Å²) in [6.45, 7) is 2.31. The van der Waals surface area contributed by atoms with Gasteiger partial charge in [-0.05, 0) is 30.5 Å². The Morgan fingerprint density at radius 3 is 3.07 bits per heavy atom. The minimum atomic E-state index is -1.20. The lowest BCUT2D eigenvalue weighted by molar-refractivity contribution is 0.0543. The van der Waals surface area contributed by atoms with Crippen molar-refractivity contribution in [2.45, 2.75) is 26.1 Å². The minimum absolute atomic E-state index is 0.0456. The van der Waals surface area contributed by atoms with E-state index in [1.807, 2.05) is 0 Å². The summed E-state index contributed by atoms with van der Waals surface area (Å²) in [6.07, 6.45) is 3.60. The van der Waals surface area contributed by atoms with Crippen LogP contribution >= 0.6 is 0 Å². The summed E-state index contributed by atoms with van der Waals surface area (Å²) in [4.78, 5) is 17.9. The summed E-state index contributed by atoms with van der Waals surface area (Å²) >= 11 is 0. The Hall–Kier alpha value is -3.30. The molecule has 0 aliphatic carbocycles. The van der Waals surface area contributed by atoms with Crippen LogP contribution in [0.1, 0.15) is 17.5 Å². The molecule has 2 aromatic heterocycles. The third-order valence-electron chi connectivity index (χ3n) is 5.28. The highest BCUT2D eigenvalue weighted by Crippen LogP contribution is 2.23. The molecular weight excluding hydrogens is 394 g/mol. The van der Waals surface area contributed by atoms with Gasteiger partial charge in [0.2, 0.25) is 5.65 Å². The van der Waals surface area contributed by atoms with Crippen molar-refractivity contribution in [1.29, 1.82) is 0 Å². The molecule has 1 N–H and O–H groups in total. The van der Waals surface area contributed by atoms with Crippen LogP contribution in [0.5, 0.6) is 0 Å². The molecule has 8 nitrogen and oxygen atoms in total. The fourth-order valence-electron chi connectivity index (χ4n) is 3.42. The van der Waals surface area contributed by atoms with E-state index in [0.29, 0.717) is 42.1 Å². The normalized spacial score (nSPS) is 19.1. The number of rotatable bonds is 5. The molecule has 158 valence electrons. The lowest BCUT2D eigenvalue weighted by Gasteiger charge is -2.34. The van der Waals surface area contributed by atoms with Crippen LogP contribution in [0, 0.1) is 18.7 Å². The molecule has 0 spiro atoms. The van der Waals surface area contributed by atoms with Gasteiger partial charge in [0.25, 0.3) is 0 Å². The fourth-order valence-corrected chi connectivity index (χ4v) is 3.42. The van der Waals surface area contributed by atoms with Crippen molar-refractivity contribution in [3.05, 3.63) is 53.9 Å². The second-order valence-electron chi connectivity index (χ2n) is 7.37. The zero-order chi connectivity index (χ0) is 21.1. The predicted molar refractivity (Wildman–Crippen MR) is 105 cm³/mol. The summed E-state index contributed by atoms with van der Waals surface area (Å²) in [5.74, 6) is -0.0865. The van der Waals surface area contributed by atoms with Crippen LogP contribution < -0.4 is 5.32 Å². The Balaban J connectivity index is 1.27. The van der Waals surface area contributed by atoms with E-state index in [-0.39, 0.29) is 24.9 Å². The van der Waals surface area contributed by atoms with Crippen LogP contribution in [0.3, 0.4) is 0 Å². The number of halogens is 2. The molecule has 1 fully saturated rings. The number of anilines is 1. The maximum absolute atomic E-state index is 14.7. The molecule has 1 amide bonds. The lowest BCUT2D eigenvalue weighted by Crippen LogP contribution is -2.46. The number of aromatic nitrogens is 4. The number of benzene rings is 1. The van der Waals surface area contributed by atoms with Gasteiger partial charge in [-0.2, -0.15) is 0 Å². The number of carbonyl (C=O) groups is 1. The third-order valence-corrected chi connectivity index (χ3v) is 5.28. The molecule has 0 radical (unpaired) electrons. The average molecular weight is 416 g/mol. The number of nitrogens with one attached hydrogen (secondary N) is 1. The highest BCUT2D eigenvalue weighted by molar-refractivity contribution is 5.68. The summed E-state index contributed by atoms with van der Waals surface area (Å²) in [6, 6.07) is 4.66. The number of piperidine rings is 1. The number of hydrogen-bond acceptors (Lipinski definition) is 6. The van der Waals surface area contributed by atoms with E-state index in [9.17, 15) is 13.6 Å². The number of nitrogens with zero attached hydrogens (tertiary/aromatic N) is 5. The van der Waals surface area contributed by atoms with Crippen molar-refractivity contribution in [2.24, 2.45) is 5.92 Å². The first-order valence-electron chi connectivity index (χ1n) is 9.70. The Bertz CT molecular complexity index is 1040. The average Bonchev–Trinajstić information content (AvgIpc) is 3.23. The molecule has 10 heteroatoms. The summed E-state index contributed by atoms with van der Waals surface area (Å²) < 4.78 is 35.2. The summed E-state index contributed by atoms with van der Waals surface area (Å²) in [5.41, 5.74) is 1.65. The van der Waals surface area contributed by atoms with Crippen LogP contribution in [0.2, 0.25) is 0 Å². The predicted octanol–water partition coefficient (Wildman–Crippen LogP) is 2.98. The largest absolute Gasteiger partial charge is 0.445 e. The molecule has 3 heterocycles. The highest BCUT2D eigenvalue weighted by Gasteiger charge is 2.32. The number of carbonyl (C=O) groups excluding carboxylic acids is 1. The van der Waals surface area contributed by atoms with Gasteiger partial charge < -0.3 is 15.0 Å². The quantitative estimate of drug-likeness (QED) is 0.688. The minimum Gasteiger partial charge on any atom is -0.445 e. The van der Waals surface area contributed by atoms with Crippen LogP contribution in [-0.4, -0.2) is 56.4 Å². The van der Waals surface area contributed by atoms with Gasteiger partial charge in [0.05, 0.1) is 6.54 Å². The number of amides is 1. The zero-order valence-corrected chi connectivity index (χ0v) is 16.5.